The molecule has 4 nitrogen and oxygen atoms in total. The van der Waals surface area contributed by atoms with Crippen LogP contribution in [-0.2, 0) is 17.8 Å². The highest BCUT2D eigenvalue weighted by Gasteiger charge is 2.37. The fraction of sp³-hybridized carbons (Fsp3) is 0.300. The Bertz CT molecular complexity index is 768. The smallest absolute Gasteiger partial charge is 0.255 e. The molecule has 1 atom stereocenters. The number of hydrogen-bond donors (Lipinski definition) is 1. The Balaban J connectivity index is 1.60. The van der Waals surface area contributed by atoms with Crippen LogP contribution in [0.3, 0.4) is 0 Å². The number of benzene rings is 2. The van der Waals surface area contributed by atoms with Crippen molar-refractivity contribution in [3.05, 3.63) is 71.3 Å². The Hall–Kier alpha value is -2.62. The minimum Gasteiger partial charge on any atom is -0.352 e. The molecule has 1 heterocycles. The van der Waals surface area contributed by atoms with Gasteiger partial charge in [-0.05, 0) is 30.0 Å². The van der Waals surface area contributed by atoms with Crippen molar-refractivity contribution < 1.29 is 9.59 Å². The Labute approximate surface area is 141 Å². The lowest BCUT2D eigenvalue weighted by Gasteiger charge is -2.27. The van der Waals surface area contributed by atoms with Gasteiger partial charge in [-0.3, -0.25) is 9.59 Å². The molecular formula is C20H20N2O2. The van der Waals surface area contributed by atoms with Crippen LogP contribution >= 0.6 is 0 Å². The highest BCUT2D eigenvalue weighted by Crippen LogP contribution is 2.27. The van der Waals surface area contributed by atoms with Gasteiger partial charge in [-0.15, -0.1) is 0 Å². The van der Waals surface area contributed by atoms with Crippen molar-refractivity contribution in [2.75, 3.05) is 0 Å². The van der Waals surface area contributed by atoms with E-state index in [4.69, 9.17) is 0 Å². The molecule has 1 aliphatic carbocycles. The van der Waals surface area contributed by atoms with Gasteiger partial charge in [0, 0.05) is 24.6 Å². The molecule has 0 spiro atoms. The first kappa shape index (κ1) is 14.9. The van der Waals surface area contributed by atoms with Crippen LogP contribution in [0.15, 0.2) is 54.6 Å². The second-order valence-electron chi connectivity index (χ2n) is 6.58. The van der Waals surface area contributed by atoms with E-state index in [-0.39, 0.29) is 17.9 Å². The van der Waals surface area contributed by atoms with Gasteiger partial charge in [0.2, 0.25) is 5.91 Å². The molecule has 0 bridgehead atoms. The number of carbonyl (C=O) groups is 2. The van der Waals surface area contributed by atoms with Gasteiger partial charge in [0.15, 0.2) is 0 Å². The van der Waals surface area contributed by atoms with Gasteiger partial charge in [0.05, 0.1) is 0 Å². The van der Waals surface area contributed by atoms with Gasteiger partial charge in [0.1, 0.15) is 6.04 Å². The summed E-state index contributed by atoms with van der Waals surface area (Å²) in [7, 11) is 0. The van der Waals surface area contributed by atoms with Crippen molar-refractivity contribution in [3.8, 4) is 0 Å². The minimum absolute atomic E-state index is 0.0393. The molecular weight excluding hydrogens is 300 g/mol. The molecule has 4 heteroatoms. The normalized spacial score (nSPS) is 17.5. The number of fused-ring (bicyclic) bond motifs is 1. The lowest BCUT2D eigenvalue weighted by Crippen LogP contribution is -2.49. The molecule has 0 radical (unpaired) electrons. The minimum atomic E-state index is -0.465. The Morgan fingerprint density at radius 3 is 2.50 bits per heavy atom. The number of nitrogens with one attached hydrogen (secondary N) is 1. The molecule has 2 aliphatic rings. The Kier molecular flexibility index (Phi) is 3.81. The van der Waals surface area contributed by atoms with Crippen LogP contribution in [-0.4, -0.2) is 28.8 Å². The molecule has 2 aromatic rings. The summed E-state index contributed by atoms with van der Waals surface area (Å²) in [6, 6.07) is 17.3. The van der Waals surface area contributed by atoms with Crippen molar-refractivity contribution >= 4 is 11.8 Å². The van der Waals surface area contributed by atoms with E-state index < -0.39 is 6.04 Å². The molecule has 1 saturated carbocycles. The summed E-state index contributed by atoms with van der Waals surface area (Å²) in [4.78, 5) is 27.3. The first-order valence-electron chi connectivity index (χ1n) is 8.45. The third-order valence-electron chi connectivity index (χ3n) is 4.72. The molecule has 1 fully saturated rings. The van der Waals surface area contributed by atoms with Gasteiger partial charge >= 0.3 is 0 Å². The highest BCUT2D eigenvalue weighted by atomic mass is 16.2. The van der Waals surface area contributed by atoms with Crippen LogP contribution in [0.4, 0.5) is 0 Å². The summed E-state index contributed by atoms with van der Waals surface area (Å²) in [5, 5.41) is 3.07. The summed E-state index contributed by atoms with van der Waals surface area (Å²) < 4.78 is 0. The van der Waals surface area contributed by atoms with Crippen molar-refractivity contribution in [3.63, 3.8) is 0 Å². The molecule has 0 aromatic heterocycles. The maximum absolute atomic E-state index is 12.8. The zero-order chi connectivity index (χ0) is 16.5. The van der Waals surface area contributed by atoms with Crippen molar-refractivity contribution in [2.45, 2.75) is 37.9 Å². The monoisotopic (exact) mass is 320 g/mol. The summed E-state index contributed by atoms with van der Waals surface area (Å²) in [5.74, 6) is -0.0833. The summed E-state index contributed by atoms with van der Waals surface area (Å²) >= 11 is 0. The SMILES string of the molecule is O=C(NC1CC1)C(Cc1ccccc1)N1Cc2ccccc2C1=O. The van der Waals surface area contributed by atoms with Crippen molar-refractivity contribution in [1.82, 2.24) is 10.2 Å². The van der Waals surface area contributed by atoms with Gasteiger partial charge in [0.25, 0.3) is 5.91 Å². The number of nitrogens with zero attached hydrogens (tertiary/aromatic N) is 1. The lowest BCUT2D eigenvalue weighted by molar-refractivity contribution is -0.125. The first-order valence-corrected chi connectivity index (χ1v) is 8.45. The molecule has 0 saturated heterocycles. The third kappa shape index (κ3) is 2.92. The van der Waals surface area contributed by atoms with E-state index in [0.29, 0.717) is 13.0 Å². The zero-order valence-electron chi connectivity index (χ0n) is 13.4. The van der Waals surface area contributed by atoms with E-state index in [9.17, 15) is 9.59 Å². The van der Waals surface area contributed by atoms with Crippen LogP contribution in [0.1, 0.15) is 34.3 Å². The summed E-state index contributed by atoms with van der Waals surface area (Å²) in [5.41, 5.74) is 2.78. The van der Waals surface area contributed by atoms with E-state index in [2.05, 4.69) is 5.32 Å². The third-order valence-corrected chi connectivity index (χ3v) is 4.72. The van der Waals surface area contributed by atoms with Crippen LogP contribution in [0.5, 0.6) is 0 Å². The van der Waals surface area contributed by atoms with E-state index in [1.54, 1.807) is 4.90 Å². The average Bonchev–Trinajstić information content (AvgIpc) is 3.36. The summed E-state index contributed by atoms with van der Waals surface area (Å²) in [6.07, 6.45) is 2.62. The Morgan fingerprint density at radius 2 is 1.79 bits per heavy atom. The maximum atomic E-state index is 12.8. The standard InChI is InChI=1S/C20H20N2O2/c23-19(21-16-10-11-16)18(12-14-6-2-1-3-7-14)22-13-15-8-4-5-9-17(15)20(22)24/h1-9,16,18H,10-13H2,(H,21,23). The van der Waals surface area contributed by atoms with Gasteiger partial charge in [-0.25, -0.2) is 0 Å². The second-order valence-corrected chi connectivity index (χ2v) is 6.58. The molecule has 2 amide bonds. The van der Waals surface area contributed by atoms with E-state index in [1.807, 2.05) is 54.6 Å². The molecule has 4 rings (SSSR count). The number of carbonyl (C=O) groups excluding carboxylic acids is 2. The number of rotatable bonds is 5. The first-order chi connectivity index (χ1) is 11.7. The topological polar surface area (TPSA) is 49.4 Å². The van der Waals surface area contributed by atoms with E-state index in [1.165, 1.54) is 0 Å². The van der Waals surface area contributed by atoms with Gasteiger partial charge in [-0.1, -0.05) is 48.5 Å². The van der Waals surface area contributed by atoms with Crippen LogP contribution in [0.2, 0.25) is 0 Å². The van der Waals surface area contributed by atoms with E-state index >= 15 is 0 Å². The largest absolute Gasteiger partial charge is 0.352 e. The average molecular weight is 320 g/mol. The fourth-order valence-corrected chi connectivity index (χ4v) is 3.24. The van der Waals surface area contributed by atoms with Crippen molar-refractivity contribution in [1.29, 1.82) is 0 Å². The highest BCUT2D eigenvalue weighted by molar-refractivity contribution is 6.01. The van der Waals surface area contributed by atoms with Gasteiger partial charge in [-0.2, -0.15) is 0 Å². The zero-order valence-corrected chi connectivity index (χ0v) is 13.4. The molecule has 2 aromatic carbocycles. The fourth-order valence-electron chi connectivity index (χ4n) is 3.24. The molecule has 122 valence electrons. The van der Waals surface area contributed by atoms with Crippen LogP contribution in [0.25, 0.3) is 0 Å². The van der Waals surface area contributed by atoms with E-state index in [0.717, 1.165) is 29.5 Å². The summed E-state index contributed by atoms with van der Waals surface area (Å²) in [6.45, 7) is 0.505. The molecule has 24 heavy (non-hydrogen) atoms. The molecule has 1 aliphatic heterocycles. The predicted molar refractivity (Wildman–Crippen MR) is 91.4 cm³/mol. The maximum Gasteiger partial charge on any atom is 0.255 e. The van der Waals surface area contributed by atoms with Crippen LogP contribution < -0.4 is 5.32 Å². The van der Waals surface area contributed by atoms with Crippen LogP contribution in [0, 0.1) is 0 Å². The number of hydrogen-bond acceptors (Lipinski definition) is 2. The lowest BCUT2D eigenvalue weighted by atomic mass is 10.0. The molecule has 1 N–H and O–H groups in total. The molecule has 1 unspecified atom stereocenters. The van der Waals surface area contributed by atoms with Gasteiger partial charge < -0.3 is 10.2 Å². The quantitative estimate of drug-likeness (QED) is 0.920. The Morgan fingerprint density at radius 1 is 1.08 bits per heavy atom. The second kappa shape index (κ2) is 6.11. The number of amides is 2. The predicted octanol–water partition coefficient (Wildman–Crippen LogP) is 2.53. The van der Waals surface area contributed by atoms with Crippen molar-refractivity contribution in [2.24, 2.45) is 0 Å².